The summed E-state index contributed by atoms with van der Waals surface area (Å²) < 4.78 is 27.4. The highest BCUT2D eigenvalue weighted by Gasteiger charge is 2.25. The molecule has 0 aromatic rings. The van der Waals surface area contributed by atoms with Gasteiger partial charge in [0.1, 0.15) is 4.91 Å². The van der Waals surface area contributed by atoms with Crippen LogP contribution in [0.25, 0.3) is 0 Å². The van der Waals surface area contributed by atoms with Gasteiger partial charge in [0.2, 0.25) is 0 Å². The molecule has 84 valence electrons. The van der Waals surface area contributed by atoms with Gasteiger partial charge in [0.05, 0.1) is 6.61 Å². The Morgan fingerprint density at radius 1 is 1.60 bits per heavy atom. The van der Waals surface area contributed by atoms with Crippen LogP contribution in [-0.4, -0.2) is 20.3 Å². The van der Waals surface area contributed by atoms with E-state index in [4.69, 9.17) is 15.4 Å². The molecule has 0 radical (unpaired) electrons. The lowest BCUT2D eigenvalue weighted by molar-refractivity contribution is 0.239. The molecule has 1 aliphatic heterocycles. The maximum Gasteiger partial charge on any atom is 0.265 e. The van der Waals surface area contributed by atoms with Crippen LogP contribution in [-0.2, 0) is 18.6 Å². The van der Waals surface area contributed by atoms with E-state index in [1.54, 1.807) is 5.23 Å². The van der Waals surface area contributed by atoms with Crippen molar-refractivity contribution in [1.82, 2.24) is 0 Å². The Hall–Kier alpha value is -0.550. The van der Waals surface area contributed by atoms with Gasteiger partial charge in [-0.3, -0.25) is 0 Å². The second-order valence-corrected chi connectivity index (χ2v) is 6.68. The van der Waals surface area contributed by atoms with Gasteiger partial charge < -0.3 is 4.74 Å². The lowest BCUT2D eigenvalue weighted by atomic mass is 10.5. The largest absolute Gasteiger partial charge is 0.485 e. The van der Waals surface area contributed by atoms with Gasteiger partial charge in [-0.05, 0) is 28.4 Å². The van der Waals surface area contributed by atoms with Crippen molar-refractivity contribution < 1.29 is 17.9 Å². The summed E-state index contributed by atoms with van der Waals surface area (Å²) in [7, 11) is 0.294. The molecule has 0 aliphatic carbocycles. The number of ether oxygens (including phenoxy) is 1. The van der Waals surface area contributed by atoms with Crippen LogP contribution in [0.15, 0.2) is 21.5 Å². The smallest absolute Gasteiger partial charge is 0.265 e. The zero-order valence-corrected chi connectivity index (χ0v) is 10.3. The first-order valence-corrected chi connectivity index (χ1v) is 7.71. The standard InChI is InChI=1S/C8H9ClO4S2/c1-2-4-13-8-7(15(9,11)12)3-5-14(8)6-10/h3,5H,2,4H2,1H3. The first-order chi connectivity index (χ1) is 7.00. The fourth-order valence-corrected chi connectivity index (χ4v) is 3.64. The average molecular weight is 269 g/mol. The van der Waals surface area contributed by atoms with Crippen molar-refractivity contribution in [3.8, 4) is 0 Å². The molecule has 0 spiro atoms. The van der Waals surface area contributed by atoms with Crippen molar-refractivity contribution in [2.24, 2.45) is 0 Å². The quantitative estimate of drug-likeness (QED) is 0.578. The highest BCUT2D eigenvalue weighted by atomic mass is 35.7. The molecule has 0 N–H and O–H groups in total. The number of hydrogen-bond acceptors (Lipinski definition) is 4. The van der Waals surface area contributed by atoms with Crippen LogP contribution in [0.5, 0.6) is 0 Å². The minimum absolute atomic E-state index is 0.0989. The molecule has 1 rings (SSSR count). The molecule has 0 fully saturated rings. The first kappa shape index (κ1) is 12.5. The molecule has 1 aliphatic rings. The van der Waals surface area contributed by atoms with Gasteiger partial charge in [-0.1, -0.05) is 6.92 Å². The summed E-state index contributed by atoms with van der Waals surface area (Å²) in [5, 5.41) is 3.23. The van der Waals surface area contributed by atoms with Gasteiger partial charge >= 0.3 is 0 Å². The summed E-state index contributed by atoms with van der Waals surface area (Å²) in [6.45, 7) is 2.22. The van der Waals surface area contributed by atoms with Crippen molar-refractivity contribution in [2.75, 3.05) is 6.61 Å². The maximum atomic E-state index is 11.1. The fourth-order valence-electron chi connectivity index (χ4n) is 0.944. The highest BCUT2D eigenvalue weighted by molar-refractivity contribution is 8.22. The summed E-state index contributed by atoms with van der Waals surface area (Å²) in [5.74, 6) is 0. The summed E-state index contributed by atoms with van der Waals surface area (Å²) >= 11 is 0. The van der Waals surface area contributed by atoms with Crippen molar-refractivity contribution in [1.29, 1.82) is 0 Å². The van der Waals surface area contributed by atoms with E-state index in [-0.39, 0.29) is 10.00 Å². The molecule has 4 nitrogen and oxygen atoms in total. The molecule has 7 heteroatoms. The minimum Gasteiger partial charge on any atom is -0.485 e. The molecule has 1 heterocycles. The maximum absolute atomic E-state index is 11.1. The van der Waals surface area contributed by atoms with E-state index in [9.17, 15) is 13.2 Å². The van der Waals surface area contributed by atoms with Gasteiger partial charge in [0, 0.05) is 10.7 Å². The third kappa shape index (κ3) is 2.95. The summed E-state index contributed by atoms with van der Waals surface area (Å²) in [5.41, 5.74) is 0. The van der Waals surface area contributed by atoms with Crippen molar-refractivity contribution in [3.05, 3.63) is 21.5 Å². The monoisotopic (exact) mass is 268 g/mol. The molecule has 0 saturated heterocycles. The van der Waals surface area contributed by atoms with E-state index in [1.165, 1.54) is 11.5 Å². The lowest BCUT2D eigenvalue weighted by Crippen LogP contribution is -1.98. The minimum atomic E-state index is -3.86. The van der Waals surface area contributed by atoms with Crippen LogP contribution in [0.3, 0.4) is 0 Å². The van der Waals surface area contributed by atoms with Crippen molar-refractivity contribution in [2.45, 2.75) is 13.3 Å². The zero-order valence-electron chi connectivity index (χ0n) is 7.90. The Morgan fingerprint density at radius 2 is 2.27 bits per heavy atom. The Kier molecular flexibility index (Phi) is 4.16. The van der Waals surface area contributed by atoms with E-state index >= 15 is 0 Å². The first-order valence-electron chi connectivity index (χ1n) is 4.11. The number of carbonyl (C=O) groups excluding carboxylic acids is 1. The zero-order chi connectivity index (χ0) is 11.5. The normalized spacial score (nSPS) is 20.5. The number of halogens is 1. The Morgan fingerprint density at radius 3 is 2.73 bits per heavy atom. The number of hydrogen-bond donors (Lipinski definition) is 0. The van der Waals surface area contributed by atoms with Crippen LogP contribution in [0.1, 0.15) is 13.3 Å². The molecular weight excluding hydrogens is 260 g/mol. The lowest BCUT2D eigenvalue weighted by Gasteiger charge is -2.07. The van der Waals surface area contributed by atoms with Crippen LogP contribution < -0.4 is 0 Å². The van der Waals surface area contributed by atoms with E-state index in [0.29, 0.717) is 6.61 Å². The summed E-state index contributed by atoms with van der Waals surface area (Å²) in [6, 6.07) is 0. The topological polar surface area (TPSA) is 60.4 Å². The van der Waals surface area contributed by atoms with E-state index in [2.05, 4.69) is 0 Å². The molecule has 0 aromatic carbocycles. The van der Waals surface area contributed by atoms with E-state index in [1.807, 2.05) is 6.92 Å². The Bertz CT molecular complexity index is 469. The third-order valence-corrected chi connectivity index (χ3v) is 4.35. The average Bonchev–Trinajstić information content (AvgIpc) is 2.56. The molecule has 0 amide bonds. The Labute approximate surface area is 94.9 Å². The molecule has 1 atom stereocenters. The van der Waals surface area contributed by atoms with Crippen LogP contribution in [0, 0.1) is 0 Å². The molecule has 0 saturated carbocycles. The van der Waals surface area contributed by atoms with Gasteiger partial charge in [-0.25, -0.2) is 13.2 Å². The molecule has 0 aromatic heterocycles. The SMILES string of the molecule is CCCOC1=C(S(=O)(=O)Cl)C=CS1=C=O. The fraction of sp³-hybridized carbons (Fsp3) is 0.375. The summed E-state index contributed by atoms with van der Waals surface area (Å²) in [6.07, 6.45) is 2.00. The number of rotatable bonds is 4. The van der Waals surface area contributed by atoms with Gasteiger partial charge in [-0.15, -0.1) is 0 Å². The van der Waals surface area contributed by atoms with E-state index < -0.39 is 19.5 Å². The molecular formula is C8H9ClO4S2. The van der Waals surface area contributed by atoms with Gasteiger partial charge in [-0.2, -0.15) is 0 Å². The second-order valence-electron chi connectivity index (χ2n) is 2.66. The van der Waals surface area contributed by atoms with Crippen molar-refractivity contribution in [3.63, 3.8) is 0 Å². The predicted molar refractivity (Wildman–Crippen MR) is 60.5 cm³/mol. The number of allylic oxidation sites excluding steroid dienone is 1. The highest BCUT2D eigenvalue weighted by Crippen LogP contribution is 2.39. The summed E-state index contributed by atoms with van der Waals surface area (Å²) in [4.78, 5) is 10.4. The van der Waals surface area contributed by atoms with Crippen LogP contribution >= 0.6 is 21.2 Å². The molecule has 0 bridgehead atoms. The Balaban J connectivity index is 3.16. The predicted octanol–water partition coefficient (Wildman–Crippen LogP) is 2.01. The van der Waals surface area contributed by atoms with Crippen LogP contribution in [0.4, 0.5) is 0 Å². The third-order valence-electron chi connectivity index (χ3n) is 1.55. The van der Waals surface area contributed by atoms with Gasteiger partial charge in [0.25, 0.3) is 9.05 Å². The molecule has 1 unspecified atom stereocenters. The van der Waals surface area contributed by atoms with Crippen molar-refractivity contribution >= 4 is 35.5 Å². The second kappa shape index (κ2) is 4.99. The molecule has 15 heavy (non-hydrogen) atoms. The van der Waals surface area contributed by atoms with Gasteiger partial charge in [0.15, 0.2) is 10.3 Å². The van der Waals surface area contributed by atoms with E-state index in [0.717, 1.165) is 6.42 Å². The van der Waals surface area contributed by atoms with Crippen LogP contribution in [0.2, 0.25) is 0 Å².